The van der Waals surface area contributed by atoms with E-state index in [1.165, 1.54) is 17.4 Å². The van der Waals surface area contributed by atoms with E-state index in [0.717, 1.165) is 5.56 Å². The lowest BCUT2D eigenvalue weighted by Crippen LogP contribution is -2.64. The molecule has 2 aromatic rings. The van der Waals surface area contributed by atoms with Crippen LogP contribution in [0.4, 0.5) is 4.79 Å². The summed E-state index contributed by atoms with van der Waals surface area (Å²) >= 11 is 0. The van der Waals surface area contributed by atoms with E-state index in [4.69, 9.17) is 10.5 Å². The van der Waals surface area contributed by atoms with Gasteiger partial charge in [-0.2, -0.15) is 0 Å². The summed E-state index contributed by atoms with van der Waals surface area (Å²) in [6.07, 6.45) is 3.73. The number of likely N-dealkylation sites (tertiary alicyclic amines) is 1. The zero-order valence-corrected chi connectivity index (χ0v) is 26.2. The number of primary amides is 1. The van der Waals surface area contributed by atoms with Crippen LogP contribution in [-0.2, 0) is 36.9 Å². The Morgan fingerprint density at radius 2 is 1.82 bits per heavy atom. The van der Waals surface area contributed by atoms with Crippen LogP contribution in [0.15, 0.2) is 42.9 Å². The van der Waals surface area contributed by atoms with Gasteiger partial charge in [-0.3, -0.25) is 19.7 Å². The number of carbonyl (C=O) groups is 5. The van der Waals surface area contributed by atoms with E-state index in [1.54, 1.807) is 20.8 Å². The highest BCUT2D eigenvalue weighted by atomic mass is 16.5. The zero-order valence-electron chi connectivity index (χ0n) is 26.2. The number of amides is 4. The Balaban J connectivity index is 1.81. The summed E-state index contributed by atoms with van der Waals surface area (Å²) in [6.45, 7) is 7.44. The first-order valence-corrected chi connectivity index (χ1v) is 15.3. The highest BCUT2D eigenvalue weighted by Crippen LogP contribution is 2.21. The van der Waals surface area contributed by atoms with Gasteiger partial charge in [0.25, 0.3) is 0 Å². The molecule has 14 nitrogen and oxygen atoms in total. The number of aliphatic carboxylic acids is 1. The number of imidazole rings is 1. The summed E-state index contributed by atoms with van der Waals surface area (Å²) in [4.78, 5) is 73.2. The van der Waals surface area contributed by atoms with E-state index in [2.05, 4.69) is 25.9 Å². The molecule has 3 rings (SSSR count). The Hall–Kier alpha value is -4.46. The molecule has 0 bridgehead atoms. The number of alkyl carbamates (subject to hydrolysis) is 1. The second-order valence-electron chi connectivity index (χ2n) is 11.8. The number of nitrogens with two attached hydrogens (primary N) is 1. The Labute approximate surface area is 262 Å². The third kappa shape index (κ3) is 9.76. The van der Waals surface area contributed by atoms with Gasteiger partial charge in [0.1, 0.15) is 24.7 Å². The SMILES string of the molecule is CC[C@H](C)[C@H](NC(=O)[C@@H]1CCCN1C(=O)[C@H](Cc1cnc[nH]1)NC(C(N)=O)[C@@H](NC(=O)OCc1ccccc1)C(C)C)C(=O)O. The molecule has 14 heteroatoms. The van der Waals surface area contributed by atoms with Gasteiger partial charge < -0.3 is 36.1 Å². The van der Waals surface area contributed by atoms with Crippen molar-refractivity contribution in [1.82, 2.24) is 30.8 Å². The van der Waals surface area contributed by atoms with Crippen LogP contribution in [-0.4, -0.2) is 86.5 Å². The highest BCUT2D eigenvalue weighted by molar-refractivity contribution is 5.93. The number of carboxylic acids is 1. The van der Waals surface area contributed by atoms with Gasteiger partial charge in [0.15, 0.2) is 0 Å². The summed E-state index contributed by atoms with van der Waals surface area (Å²) in [5, 5.41) is 18.1. The van der Waals surface area contributed by atoms with Crippen molar-refractivity contribution in [3.05, 3.63) is 54.1 Å². The normalized spacial score (nSPS) is 18.0. The maximum absolute atomic E-state index is 14.1. The quantitative estimate of drug-likeness (QED) is 0.158. The number of carboxylic acid groups (broad SMARTS) is 1. The summed E-state index contributed by atoms with van der Waals surface area (Å²) < 4.78 is 5.37. The number of aromatic amines is 1. The molecule has 6 atom stereocenters. The minimum atomic E-state index is -1.19. The molecule has 1 aromatic carbocycles. The first-order chi connectivity index (χ1) is 21.4. The average Bonchev–Trinajstić information content (AvgIpc) is 3.72. The van der Waals surface area contributed by atoms with Crippen molar-refractivity contribution in [2.24, 2.45) is 17.6 Å². The lowest BCUT2D eigenvalue weighted by atomic mass is 9.94. The molecular weight excluding hydrogens is 582 g/mol. The van der Waals surface area contributed by atoms with Gasteiger partial charge in [0.2, 0.25) is 17.7 Å². The number of ether oxygens (including phenoxy) is 1. The fourth-order valence-electron chi connectivity index (χ4n) is 5.38. The summed E-state index contributed by atoms with van der Waals surface area (Å²) in [6, 6.07) is 4.02. The molecule has 7 N–H and O–H groups in total. The van der Waals surface area contributed by atoms with Crippen LogP contribution >= 0.6 is 0 Å². The molecule has 246 valence electrons. The summed E-state index contributed by atoms with van der Waals surface area (Å²) in [5.74, 6) is -3.59. The number of aromatic nitrogens is 2. The van der Waals surface area contributed by atoms with Crippen molar-refractivity contribution in [3.63, 3.8) is 0 Å². The maximum Gasteiger partial charge on any atom is 0.407 e. The molecular formula is C31H45N7O7. The van der Waals surface area contributed by atoms with Crippen molar-refractivity contribution in [1.29, 1.82) is 0 Å². The smallest absolute Gasteiger partial charge is 0.407 e. The first-order valence-electron chi connectivity index (χ1n) is 15.3. The van der Waals surface area contributed by atoms with Gasteiger partial charge in [0.05, 0.1) is 18.4 Å². The van der Waals surface area contributed by atoms with Crippen molar-refractivity contribution < 1.29 is 33.8 Å². The number of H-pyrrole nitrogens is 1. The highest BCUT2D eigenvalue weighted by Gasteiger charge is 2.41. The van der Waals surface area contributed by atoms with Crippen LogP contribution in [0.2, 0.25) is 0 Å². The lowest BCUT2D eigenvalue weighted by molar-refractivity contribution is -0.145. The van der Waals surface area contributed by atoms with Crippen molar-refractivity contribution in [2.75, 3.05) is 6.54 Å². The molecule has 1 unspecified atom stereocenters. The number of rotatable bonds is 16. The molecule has 1 fully saturated rings. The number of nitrogens with zero attached hydrogens (tertiary/aromatic N) is 2. The zero-order chi connectivity index (χ0) is 33.1. The Morgan fingerprint density at radius 1 is 1.11 bits per heavy atom. The van der Waals surface area contributed by atoms with Gasteiger partial charge >= 0.3 is 12.1 Å². The van der Waals surface area contributed by atoms with Gasteiger partial charge in [0, 0.05) is 24.9 Å². The lowest BCUT2D eigenvalue weighted by Gasteiger charge is -2.34. The van der Waals surface area contributed by atoms with Crippen LogP contribution in [0.3, 0.4) is 0 Å². The van der Waals surface area contributed by atoms with Crippen LogP contribution in [0.5, 0.6) is 0 Å². The molecule has 0 radical (unpaired) electrons. The standard InChI is InChI=1S/C31H45N7O7/c1-5-19(4)25(30(42)43)36-28(40)23-12-9-13-38(23)29(41)22(14-21-15-33-17-34-21)35-26(27(32)39)24(18(2)3)37-31(44)45-16-20-10-7-6-8-11-20/h6-8,10-11,15,17-19,22-26,35H,5,9,12-14,16H2,1-4H3,(H2,32,39)(H,33,34)(H,36,40)(H,37,44)(H,42,43)/t19-,22-,23-,24-,25-,26?/m0/s1. The Morgan fingerprint density at radius 3 is 2.40 bits per heavy atom. The minimum Gasteiger partial charge on any atom is -0.480 e. The predicted octanol–water partition coefficient (Wildman–Crippen LogP) is 1.32. The monoisotopic (exact) mass is 627 g/mol. The van der Waals surface area contributed by atoms with Crippen molar-refractivity contribution >= 4 is 29.8 Å². The van der Waals surface area contributed by atoms with Gasteiger partial charge in [-0.05, 0) is 30.2 Å². The van der Waals surface area contributed by atoms with Crippen molar-refractivity contribution in [3.8, 4) is 0 Å². The Kier molecular flexibility index (Phi) is 12.9. The number of carbonyl (C=O) groups excluding carboxylic acids is 4. The van der Waals surface area contributed by atoms with Crippen LogP contribution in [0, 0.1) is 11.8 Å². The van der Waals surface area contributed by atoms with Crippen LogP contribution in [0.1, 0.15) is 58.2 Å². The molecule has 2 heterocycles. The fraction of sp³-hybridized carbons (Fsp3) is 0.548. The third-order valence-corrected chi connectivity index (χ3v) is 8.15. The molecule has 0 spiro atoms. The third-order valence-electron chi connectivity index (χ3n) is 8.15. The summed E-state index contributed by atoms with van der Waals surface area (Å²) in [5.41, 5.74) is 7.20. The van der Waals surface area contributed by atoms with Crippen LogP contribution in [0.25, 0.3) is 0 Å². The molecule has 4 amide bonds. The molecule has 1 aliphatic heterocycles. The minimum absolute atomic E-state index is 0.0191. The van der Waals surface area contributed by atoms with Crippen molar-refractivity contribution in [2.45, 2.75) is 90.2 Å². The summed E-state index contributed by atoms with van der Waals surface area (Å²) in [7, 11) is 0. The topological polar surface area (TPSA) is 209 Å². The van der Waals surface area contributed by atoms with E-state index in [9.17, 15) is 29.1 Å². The number of benzene rings is 1. The number of hydrogen-bond donors (Lipinski definition) is 6. The number of hydrogen-bond acceptors (Lipinski definition) is 8. The number of nitrogens with one attached hydrogen (secondary N) is 4. The Bertz CT molecular complexity index is 1290. The largest absolute Gasteiger partial charge is 0.480 e. The second-order valence-corrected chi connectivity index (χ2v) is 11.8. The molecule has 1 aromatic heterocycles. The predicted molar refractivity (Wildman–Crippen MR) is 164 cm³/mol. The van der Waals surface area contributed by atoms with E-state index >= 15 is 0 Å². The van der Waals surface area contributed by atoms with Gasteiger partial charge in [-0.1, -0.05) is 64.4 Å². The van der Waals surface area contributed by atoms with Gasteiger partial charge in [-0.25, -0.2) is 14.6 Å². The molecule has 45 heavy (non-hydrogen) atoms. The maximum atomic E-state index is 14.1. The molecule has 1 aliphatic rings. The van der Waals surface area contributed by atoms with Crippen LogP contribution < -0.4 is 21.7 Å². The second kappa shape index (κ2) is 16.6. The molecule has 0 aliphatic carbocycles. The fourth-order valence-corrected chi connectivity index (χ4v) is 5.38. The van der Waals surface area contributed by atoms with E-state index < -0.39 is 60.0 Å². The molecule has 1 saturated heterocycles. The van der Waals surface area contributed by atoms with E-state index in [-0.39, 0.29) is 31.4 Å². The first kappa shape index (κ1) is 35.0. The molecule has 0 saturated carbocycles. The van der Waals surface area contributed by atoms with E-state index in [1.807, 2.05) is 37.3 Å². The van der Waals surface area contributed by atoms with E-state index in [0.29, 0.717) is 25.0 Å². The average molecular weight is 628 g/mol. The van der Waals surface area contributed by atoms with Gasteiger partial charge in [-0.15, -0.1) is 0 Å².